The summed E-state index contributed by atoms with van der Waals surface area (Å²) in [5.74, 6) is -0.0662. The Morgan fingerprint density at radius 2 is 1.58 bits per heavy atom. The average molecular weight is 376 g/mol. The van der Waals surface area contributed by atoms with E-state index in [2.05, 4.69) is 58.6 Å². The van der Waals surface area contributed by atoms with Gasteiger partial charge in [0, 0.05) is 19.5 Å². The smallest absolute Gasteiger partial charge is 0.308 e. The molecule has 1 rings (SSSR count). The Morgan fingerprint density at radius 3 is 2.00 bits per heavy atom. The lowest BCUT2D eigenvalue weighted by Gasteiger charge is -2.40. The third kappa shape index (κ3) is 4.85. The molecule has 1 amide bonds. The number of carbonyl (C=O) groups excluding carboxylic acids is 2. The Balaban J connectivity index is 3.48. The molecule has 0 saturated carbocycles. The van der Waals surface area contributed by atoms with Crippen molar-refractivity contribution in [1.82, 2.24) is 5.32 Å². The minimum absolute atomic E-state index is 0.148. The maximum atomic E-state index is 12.3. The Morgan fingerprint density at radius 1 is 1.04 bits per heavy atom. The molecule has 0 radical (unpaired) electrons. The van der Waals surface area contributed by atoms with E-state index in [-0.39, 0.29) is 11.9 Å². The Hall–Kier alpha value is -1.88. The summed E-state index contributed by atoms with van der Waals surface area (Å²) in [6, 6.07) is 5.13. The molecule has 4 nitrogen and oxygen atoms in total. The maximum Gasteiger partial charge on any atom is 0.308 e. The van der Waals surface area contributed by atoms with Gasteiger partial charge < -0.3 is 10.1 Å². The van der Waals surface area contributed by atoms with Gasteiger partial charge in [0.2, 0.25) is 0 Å². The van der Waals surface area contributed by atoms with Crippen LogP contribution in [0.25, 0.3) is 6.08 Å². The van der Waals surface area contributed by atoms with Gasteiger partial charge in [-0.2, -0.15) is 0 Å². The van der Waals surface area contributed by atoms with E-state index in [1.807, 2.05) is 0 Å². The van der Waals surface area contributed by atoms with Crippen molar-refractivity contribution < 1.29 is 14.3 Å². The number of hydrogen-bond donors (Lipinski definition) is 1. The first-order valence-electron chi connectivity index (χ1n) is 9.30. The van der Waals surface area contributed by atoms with E-state index in [1.165, 1.54) is 6.92 Å². The van der Waals surface area contributed by atoms with Crippen molar-refractivity contribution in [2.45, 2.75) is 65.1 Å². The average Bonchev–Trinajstić information content (AvgIpc) is 2.53. The van der Waals surface area contributed by atoms with E-state index < -0.39 is 8.07 Å². The van der Waals surface area contributed by atoms with E-state index in [0.29, 0.717) is 27.9 Å². The SMILES string of the molecule is CNC(=O)c1ccc(OC(C)=O)cc1/C=C/[Si](C(C)C)(C(C)C)C(C)C. The number of esters is 1. The fourth-order valence-corrected chi connectivity index (χ4v) is 9.68. The molecular weight excluding hydrogens is 342 g/mol. The van der Waals surface area contributed by atoms with Crippen molar-refractivity contribution in [2.24, 2.45) is 0 Å². The van der Waals surface area contributed by atoms with Crippen LogP contribution in [0.2, 0.25) is 16.6 Å². The van der Waals surface area contributed by atoms with Crippen molar-refractivity contribution in [1.29, 1.82) is 0 Å². The molecule has 1 N–H and O–H groups in total. The first-order chi connectivity index (χ1) is 12.1. The van der Waals surface area contributed by atoms with Gasteiger partial charge in [-0.05, 0) is 40.4 Å². The molecule has 1 aromatic carbocycles. The lowest BCUT2D eigenvalue weighted by molar-refractivity contribution is -0.131. The lowest BCUT2D eigenvalue weighted by atomic mass is 10.1. The van der Waals surface area contributed by atoms with Gasteiger partial charge in [0.25, 0.3) is 5.91 Å². The summed E-state index contributed by atoms with van der Waals surface area (Å²) in [4.78, 5) is 23.5. The van der Waals surface area contributed by atoms with Gasteiger partial charge in [0.15, 0.2) is 0 Å². The number of nitrogens with one attached hydrogen (secondary N) is 1. The molecule has 0 aliphatic heterocycles. The van der Waals surface area contributed by atoms with Crippen molar-refractivity contribution in [3.8, 4) is 5.75 Å². The summed E-state index contributed by atoms with van der Waals surface area (Å²) in [7, 11) is -0.131. The second-order valence-corrected chi connectivity index (χ2v) is 13.5. The molecule has 5 heteroatoms. The molecule has 0 aromatic heterocycles. The van der Waals surface area contributed by atoms with Crippen LogP contribution in [0.4, 0.5) is 0 Å². The normalized spacial score (nSPS) is 12.3. The third-order valence-corrected chi connectivity index (χ3v) is 12.1. The standard InChI is InChI=1S/C21H33NO3Si/c1-14(2)26(15(3)4,16(5)6)12-11-18-13-19(25-17(7)23)9-10-20(18)21(24)22-8/h9-16H,1-8H3,(H,22,24)/b12-11+. The Bertz CT molecular complexity index is 656. The number of ether oxygens (including phenoxy) is 1. The fraction of sp³-hybridized carbons (Fsp3) is 0.524. The Kier molecular flexibility index (Phi) is 7.81. The van der Waals surface area contributed by atoms with E-state index >= 15 is 0 Å². The summed E-state index contributed by atoms with van der Waals surface area (Å²) in [6.45, 7) is 15.2. The Labute approximate surface area is 159 Å². The highest BCUT2D eigenvalue weighted by Gasteiger charge is 2.40. The van der Waals surface area contributed by atoms with E-state index in [0.717, 1.165) is 5.56 Å². The van der Waals surface area contributed by atoms with Crippen LogP contribution in [0, 0.1) is 0 Å². The summed E-state index contributed by atoms with van der Waals surface area (Å²) >= 11 is 0. The number of hydrogen-bond acceptors (Lipinski definition) is 3. The molecule has 0 unspecified atom stereocenters. The summed E-state index contributed by atoms with van der Waals surface area (Å²) in [6.07, 6.45) is 2.06. The highest BCUT2D eigenvalue weighted by Crippen LogP contribution is 2.42. The van der Waals surface area contributed by atoms with Gasteiger partial charge >= 0.3 is 5.97 Å². The minimum Gasteiger partial charge on any atom is -0.427 e. The van der Waals surface area contributed by atoms with Crippen LogP contribution in [0.15, 0.2) is 23.9 Å². The number of amides is 1. The number of carbonyl (C=O) groups is 2. The van der Waals surface area contributed by atoms with Crippen molar-refractivity contribution >= 4 is 26.0 Å². The van der Waals surface area contributed by atoms with Gasteiger partial charge in [-0.1, -0.05) is 53.3 Å². The van der Waals surface area contributed by atoms with Crippen LogP contribution >= 0.6 is 0 Å². The van der Waals surface area contributed by atoms with E-state index in [4.69, 9.17) is 4.74 Å². The van der Waals surface area contributed by atoms with Crippen LogP contribution in [0.1, 0.15) is 64.4 Å². The fourth-order valence-electron chi connectivity index (χ4n) is 4.06. The quantitative estimate of drug-likeness (QED) is 0.405. The molecule has 0 atom stereocenters. The second-order valence-electron chi connectivity index (χ2n) is 7.72. The summed E-state index contributed by atoms with van der Waals surface area (Å²) < 4.78 is 5.20. The van der Waals surface area contributed by atoms with Crippen molar-refractivity contribution in [3.05, 3.63) is 35.0 Å². The molecule has 0 aliphatic rings. The van der Waals surface area contributed by atoms with Gasteiger partial charge in [-0.25, -0.2) is 0 Å². The third-order valence-electron chi connectivity index (χ3n) is 5.31. The monoisotopic (exact) mass is 375 g/mol. The molecule has 1 aromatic rings. The summed E-state index contributed by atoms with van der Waals surface area (Å²) in [5, 5.41) is 2.68. The van der Waals surface area contributed by atoms with Crippen LogP contribution in [0.5, 0.6) is 5.75 Å². The predicted molar refractivity (Wildman–Crippen MR) is 111 cm³/mol. The van der Waals surface area contributed by atoms with Crippen LogP contribution < -0.4 is 10.1 Å². The molecule has 0 bridgehead atoms. The predicted octanol–water partition coefficient (Wildman–Crippen LogP) is 5.20. The van der Waals surface area contributed by atoms with Gasteiger partial charge in [0.05, 0.1) is 8.07 Å². The molecule has 0 heterocycles. The number of benzene rings is 1. The molecule has 0 saturated heterocycles. The van der Waals surface area contributed by atoms with E-state index in [1.54, 1.807) is 25.2 Å². The van der Waals surface area contributed by atoms with Crippen molar-refractivity contribution in [3.63, 3.8) is 0 Å². The number of rotatable bonds is 7. The van der Waals surface area contributed by atoms with E-state index in [9.17, 15) is 9.59 Å². The van der Waals surface area contributed by atoms with Crippen LogP contribution in [0.3, 0.4) is 0 Å². The highest BCUT2D eigenvalue weighted by molar-refractivity contribution is 6.88. The largest absolute Gasteiger partial charge is 0.427 e. The van der Waals surface area contributed by atoms with Gasteiger partial charge in [0.1, 0.15) is 5.75 Å². The summed E-state index contributed by atoms with van der Waals surface area (Å²) in [5.41, 5.74) is 5.48. The zero-order valence-electron chi connectivity index (χ0n) is 17.3. The molecule has 0 aliphatic carbocycles. The zero-order chi connectivity index (χ0) is 20.1. The molecular formula is C21H33NO3Si. The first kappa shape index (κ1) is 22.2. The molecule has 144 valence electrons. The van der Waals surface area contributed by atoms with Crippen molar-refractivity contribution in [2.75, 3.05) is 7.05 Å². The maximum absolute atomic E-state index is 12.3. The molecule has 26 heavy (non-hydrogen) atoms. The van der Waals surface area contributed by atoms with Gasteiger partial charge in [-0.15, -0.1) is 0 Å². The lowest BCUT2D eigenvalue weighted by Crippen LogP contribution is -2.42. The zero-order valence-corrected chi connectivity index (χ0v) is 18.3. The van der Waals surface area contributed by atoms with Crippen LogP contribution in [-0.2, 0) is 4.79 Å². The molecule has 0 spiro atoms. The first-order valence-corrected chi connectivity index (χ1v) is 11.6. The second kappa shape index (κ2) is 9.17. The topological polar surface area (TPSA) is 55.4 Å². The minimum atomic E-state index is -1.75. The van der Waals surface area contributed by atoms with Gasteiger partial charge in [-0.3, -0.25) is 9.59 Å². The molecule has 0 fully saturated rings. The highest BCUT2D eigenvalue weighted by atomic mass is 28.3. The van der Waals surface area contributed by atoms with Crippen LogP contribution in [-0.4, -0.2) is 27.0 Å².